The maximum absolute atomic E-state index is 4.77. The molecule has 5 heteroatoms. The molecule has 0 amide bonds. The van der Waals surface area contributed by atoms with Crippen molar-refractivity contribution in [3.63, 3.8) is 0 Å². The van der Waals surface area contributed by atoms with Crippen molar-refractivity contribution in [1.29, 1.82) is 0 Å². The number of aryl methyl sites for hydroxylation is 1. The lowest BCUT2D eigenvalue weighted by molar-refractivity contribution is 0.438. The third-order valence-corrected chi connectivity index (χ3v) is 3.53. The van der Waals surface area contributed by atoms with Gasteiger partial charge in [-0.05, 0) is 38.1 Å². The third-order valence-electron chi connectivity index (χ3n) is 3.53. The molecule has 1 saturated heterocycles. The number of hydrogen-bond donors (Lipinski definition) is 1. The average molecular weight is 288 g/mol. The van der Waals surface area contributed by atoms with Crippen LogP contribution in [0.15, 0.2) is 24.3 Å². The van der Waals surface area contributed by atoms with Gasteiger partial charge in [0.1, 0.15) is 5.82 Å². The molecule has 0 spiro atoms. The van der Waals surface area contributed by atoms with E-state index in [0.717, 1.165) is 18.6 Å². The van der Waals surface area contributed by atoms with E-state index in [1.54, 1.807) is 0 Å². The molecule has 0 radical (unpaired) electrons. The SMILES string of the molecule is Cl.Cl.Cn1c(C2CCNCC2)nc2ccccc21. The summed E-state index contributed by atoms with van der Waals surface area (Å²) >= 11 is 0. The Morgan fingerprint density at radius 1 is 1.17 bits per heavy atom. The fourth-order valence-corrected chi connectivity index (χ4v) is 2.61. The highest BCUT2D eigenvalue weighted by Crippen LogP contribution is 2.26. The zero-order valence-electron chi connectivity index (χ0n) is 10.4. The van der Waals surface area contributed by atoms with Crippen molar-refractivity contribution in [1.82, 2.24) is 14.9 Å². The molecule has 0 aliphatic carbocycles. The number of nitrogens with zero attached hydrogens (tertiary/aromatic N) is 2. The minimum Gasteiger partial charge on any atom is -0.331 e. The lowest BCUT2D eigenvalue weighted by Gasteiger charge is -2.22. The van der Waals surface area contributed by atoms with E-state index in [0.29, 0.717) is 5.92 Å². The quantitative estimate of drug-likeness (QED) is 0.874. The van der Waals surface area contributed by atoms with Crippen LogP contribution in [-0.4, -0.2) is 22.6 Å². The van der Waals surface area contributed by atoms with Crippen molar-refractivity contribution in [2.75, 3.05) is 13.1 Å². The first-order valence-electron chi connectivity index (χ1n) is 5.98. The molecule has 1 N–H and O–H groups in total. The number of piperidine rings is 1. The number of aromatic nitrogens is 2. The zero-order chi connectivity index (χ0) is 11.0. The van der Waals surface area contributed by atoms with Gasteiger partial charge in [-0.2, -0.15) is 0 Å². The molecular weight excluding hydrogens is 269 g/mol. The van der Waals surface area contributed by atoms with E-state index in [1.807, 2.05) is 0 Å². The predicted octanol–water partition coefficient (Wildman–Crippen LogP) is 2.88. The highest BCUT2D eigenvalue weighted by molar-refractivity contribution is 5.85. The molecule has 1 aliphatic rings. The molecule has 3 nitrogen and oxygen atoms in total. The first kappa shape index (κ1) is 15.3. The van der Waals surface area contributed by atoms with Crippen LogP contribution in [0.2, 0.25) is 0 Å². The molecule has 2 aromatic rings. The number of hydrogen-bond acceptors (Lipinski definition) is 2. The number of halogens is 2. The Bertz CT molecular complexity index is 504. The molecule has 0 bridgehead atoms. The second-order valence-corrected chi connectivity index (χ2v) is 4.54. The summed E-state index contributed by atoms with van der Waals surface area (Å²) in [6, 6.07) is 8.38. The van der Waals surface area contributed by atoms with Gasteiger partial charge in [0.05, 0.1) is 11.0 Å². The molecule has 18 heavy (non-hydrogen) atoms. The molecule has 1 aliphatic heterocycles. The van der Waals surface area contributed by atoms with E-state index in [1.165, 1.54) is 24.2 Å². The van der Waals surface area contributed by atoms with E-state index in [-0.39, 0.29) is 24.8 Å². The molecule has 1 aromatic carbocycles. The number of rotatable bonds is 1. The van der Waals surface area contributed by atoms with Gasteiger partial charge in [-0.3, -0.25) is 0 Å². The molecule has 1 fully saturated rings. The highest BCUT2D eigenvalue weighted by Gasteiger charge is 2.20. The van der Waals surface area contributed by atoms with Crippen LogP contribution in [0.4, 0.5) is 0 Å². The molecule has 3 rings (SSSR count). The van der Waals surface area contributed by atoms with Crippen molar-refractivity contribution in [2.45, 2.75) is 18.8 Å². The van der Waals surface area contributed by atoms with Gasteiger partial charge in [0.15, 0.2) is 0 Å². The van der Waals surface area contributed by atoms with E-state index in [4.69, 9.17) is 4.98 Å². The Balaban J connectivity index is 0.000000810. The van der Waals surface area contributed by atoms with Gasteiger partial charge in [-0.25, -0.2) is 4.98 Å². The van der Waals surface area contributed by atoms with Gasteiger partial charge in [0, 0.05) is 13.0 Å². The Morgan fingerprint density at radius 3 is 2.50 bits per heavy atom. The second kappa shape index (κ2) is 6.41. The molecule has 0 unspecified atom stereocenters. The predicted molar refractivity (Wildman–Crippen MR) is 80.1 cm³/mol. The number of fused-ring (bicyclic) bond motifs is 1. The van der Waals surface area contributed by atoms with E-state index >= 15 is 0 Å². The van der Waals surface area contributed by atoms with Crippen molar-refractivity contribution in [2.24, 2.45) is 7.05 Å². The summed E-state index contributed by atoms with van der Waals surface area (Å²) in [4.78, 5) is 4.77. The summed E-state index contributed by atoms with van der Waals surface area (Å²) in [7, 11) is 2.13. The summed E-state index contributed by atoms with van der Waals surface area (Å²) in [5.41, 5.74) is 2.37. The smallest absolute Gasteiger partial charge is 0.112 e. The Kier molecular flexibility index (Phi) is 5.45. The van der Waals surface area contributed by atoms with Crippen LogP contribution in [0.5, 0.6) is 0 Å². The summed E-state index contributed by atoms with van der Waals surface area (Å²) in [6.07, 6.45) is 2.41. The highest BCUT2D eigenvalue weighted by atomic mass is 35.5. The van der Waals surface area contributed by atoms with Gasteiger partial charge in [-0.15, -0.1) is 24.8 Å². The summed E-state index contributed by atoms with van der Waals surface area (Å²) < 4.78 is 2.26. The summed E-state index contributed by atoms with van der Waals surface area (Å²) in [5, 5.41) is 3.40. The fraction of sp³-hybridized carbons (Fsp3) is 0.462. The second-order valence-electron chi connectivity index (χ2n) is 4.54. The zero-order valence-corrected chi connectivity index (χ0v) is 12.1. The molecule has 0 atom stereocenters. The van der Waals surface area contributed by atoms with Crippen LogP contribution in [0.25, 0.3) is 11.0 Å². The van der Waals surface area contributed by atoms with Crippen LogP contribution < -0.4 is 5.32 Å². The lowest BCUT2D eigenvalue weighted by Crippen LogP contribution is -2.27. The minimum atomic E-state index is 0. The van der Waals surface area contributed by atoms with Gasteiger partial charge in [0.25, 0.3) is 0 Å². The topological polar surface area (TPSA) is 29.9 Å². The third kappa shape index (κ3) is 2.63. The van der Waals surface area contributed by atoms with Crippen molar-refractivity contribution in [3.05, 3.63) is 30.1 Å². The summed E-state index contributed by atoms with van der Waals surface area (Å²) in [6.45, 7) is 2.24. The maximum Gasteiger partial charge on any atom is 0.112 e. The number of para-hydroxylation sites is 2. The van der Waals surface area contributed by atoms with Crippen LogP contribution in [0.1, 0.15) is 24.6 Å². The number of imidazole rings is 1. The lowest BCUT2D eigenvalue weighted by atomic mass is 9.97. The largest absolute Gasteiger partial charge is 0.331 e. The van der Waals surface area contributed by atoms with Crippen molar-refractivity contribution >= 4 is 35.8 Å². The Morgan fingerprint density at radius 2 is 1.83 bits per heavy atom. The van der Waals surface area contributed by atoms with Gasteiger partial charge >= 0.3 is 0 Å². The average Bonchev–Trinajstić information content (AvgIpc) is 2.69. The molecule has 1 aromatic heterocycles. The Hall–Kier alpha value is -0.770. The normalized spacial score (nSPS) is 16.1. The molecular formula is C13H19Cl2N3. The van der Waals surface area contributed by atoms with Gasteiger partial charge in [-0.1, -0.05) is 12.1 Å². The summed E-state index contributed by atoms with van der Waals surface area (Å²) in [5.74, 6) is 1.88. The number of benzene rings is 1. The van der Waals surface area contributed by atoms with E-state index in [9.17, 15) is 0 Å². The first-order chi connectivity index (χ1) is 7.86. The van der Waals surface area contributed by atoms with Crippen LogP contribution >= 0.6 is 24.8 Å². The van der Waals surface area contributed by atoms with Crippen molar-refractivity contribution in [3.8, 4) is 0 Å². The van der Waals surface area contributed by atoms with Crippen LogP contribution in [-0.2, 0) is 7.05 Å². The van der Waals surface area contributed by atoms with E-state index in [2.05, 4.69) is 41.2 Å². The van der Waals surface area contributed by atoms with Gasteiger partial charge < -0.3 is 9.88 Å². The van der Waals surface area contributed by atoms with Crippen LogP contribution in [0.3, 0.4) is 0 Å². The molecule has 0 saturated carbocycles. The fourth-order valence-electron chi connectivity index (χ4n) is 2.61. The first-order valence-corrected chi connectivity index (χ1v) is 5.98. The van der Waals surface area contributed by atoms with Crippen LogP contribution in [0, 0.1) is 0 Å². The molecule has 2 heterocycles. The monoisotopic (exact) mass is 287 g/mol. The van der Waals surface area contributed by atoms with Gasteiger partial charge in [0.2, 0.25) is 0 Å². The standard InChI is InChI=1S/C13H17N3.2ClH/c1-16-12-5-3-2-4-11(12)15-13(16)10-6-8-14-9-7-10;;/h2-5,10,14H,6-9H2,1H3;2*1H. The molecule has 100 valence electrons. The Labute approximate surface area is 120 Å². The number of nitrogens with one attached hydrogen (secondary N) is 1. The minimum absolute atomic E-state index is 0. The van der Waals surface area contributed by atoms with Crippen molar-refractivity contribution < 1.29 is 0 Å². The van der Waals surface area contributed by atoms with E-state index < -0.39 is 0 Å². The maximum atomic E-state index is 4.77.